The Morgan fingerprint density at radius 2 is 1.70 bits per heavy atom. The monoisotopic (exact) mass is 629 g/mol. The van der Waals surface area contributed by atoms with Crippen LogP contribution in [0.5, 0.6) is 0 Å². The van der Waals surface area contributed by atoms with Crippen LogP contribution in [0.25, 0.3) is 11.3 Å². The molecule has 3 aromatic rings. The Labute approximate surface area is 255 Å². The van der Waals surface area contributed by atoms with Crippen molar-refractivity contribution in [2.75, 3.05) is 58.4 Å². The molecule has 0 unspecified atom stereocenters. The van der Waals surface area contributed by atoms with Crippen LogP contribution in [0.2, 0.25) is 0 Å². The van der Waals surface area contributed by atoms with Crippen LogP contribution < -0.4 is 19.8 Å². The standard InChI is InChI=1S/C30H37F2N7O4S/c1-37-19-24(33-20-37)22-4-5-26(34-27(22)39-14-10-30(31,32)11-15-39)35-28(41)23-3-2-21(36-44(42,43)17-16-40)18-25(23)38-12-8-29(6-7-29)9-13-38/h2-5,18-20,36,40H,6-17H2,1H3,(H,34,35,41). The topological polar surface area (TPSA) is 133 Å². The maximum absolute atomic E-state index is 14.0. The van der Waals surface area contributed by atoms with Crippen LogP contribution in [-0.4, -0.2) is 78.4 Å². The van der Waals surface area contributed by atoms with Gasteiger partial charge in [-0.1, -0.05) is 0 Å². The number of piperidine rings is 2. The number of aliphatic hydroxyl groups is 1. The number of aromatic nitrogens is 3. The molecule has 1 saturated carbocycles. The molecule has 236 valence electrons. The molecule has 14 heteroatoms. The number of hydrogen-bond acceptors (Lipinski definition) is 8. The van der Waals surface area contributed by atoms with Gasteiger partial charge in [0.05, 0.1) is 41.3 Å². The quantitative estimate of drug-likeness (QED) is 0.323. The van der Waals surface area contributed by atoms with E-state index < -0.39 is 34.2 Å². The molecule has 1 aromatic carbocycles. The highest BCUT2D eigenvalue weighted by atomic mass is 32.2. The van der Waals surface area contributed by atoms with Crippen LogP contribution in [0.15, 0.2) is 42.9 Å². The number of nitrogens with one attached hydrogen (secondary N) is 2. The Kier molecular flexibility index (Phi) is 7.99. The van der Waals surface area contributed by atoms with Gasteiger partial charge in [-0.05, 0) is 61.4 Å². The molecule has 4 heterocycles. The van der Waals surface area contributed by atoms with Gasteiger partial charge < -0.3 is 24.8 Å². The van der Waals surface area contributed by atoms with E-state index in [9.17, 15) is 22.0 Å². The van der Waals surface area contributed by atoms with Crippen LogP contribution >= 0.6 is 0 Å². The van der Waals surface area contributed by atoms with Crippen LogP contribution in [0, 0.1) is 5.41 Å². The van der Waals surface area contributed by atoms with Crippen molar-refractivity contribution in [3.05, 3.63) is 48.4 Å². The van der Waals surface area contributed by atoms with Crippen molar-refractivity contribution in [3.8, 4) is 11.3 Å². The molecule has 3 N–H and O–H groups in total. The normalized spacial score (nSPS) is 19.2. The highest BCUT2D eigenvalue weighted by Crippen LogP contribution is 2.54. The lowest BCUT2D eigenvalue weighted by Crippen LogP contribution is -2.40. The first-order chi connectivity index (χ1) is 20.9. The van der Waals surface area contributed by atoms with E-state index in [-0.39, 0.29) is 31.7 Å². The number of rotatable bonds is 9. The Morgan fingerprint density at radius 1 is 1.00 bits per heavy atom. The number of imidazole rings is 1. The zero-order valence-electron chi connectivity index (χ0n) is 24.6. The van der Waals surface area contributed by atoms with E-state index in [1.807, 2.05) is 13.2 Å². The molecule has 0 bridgehead atoms. The molecule has 3 fully saturated rings. The van der Waals surface area contributed by atoms with Gasteiger partial charge in [0.25, 0.3) is 11.8 Å². The molecule has 6 rings (SSSR count). The van der Waals surface area contributed by atoms with Crippen LogP contribution in [0.4, 0.5) is 31.8 Å². The molecule has 3 aliphatic rings. The lowest BCUT2D eigenvalue weighted by atomic mass is 9.93. The number of aryl methyl sites for hydroxylation is 1. The second kappa shape index (κ2) is 11.6. The Morgan fingerprint density at radius 3 is 2.34 bits per heavy atom. The van der Waals surface area contributed by atoms with E-state index >= 15 is 0 Å². The third-order valence-electron chi connectivity index (χ3n) is 8.89. The van der Waals surface area contributed by atoms with Gasteiger partial charge in [0.2, 0.25) is 10.0 Å². The summed E-state index contributed by atoms with van der Waals surface area (Å²) >= 11 is 0. The van der Waals surface area contributed by atoms with Crippen molar-refractivity contribution in [1.82, 2.24) is 14.5 Å². The summed E-state index contributed by atoms with van der Waals surface area (Å²) in [6.07, 6.45) is 7.33. The molecule has 0 radical (unpaired) electrons. The zero-order valence-corrected chi connectivity index (χ0v) is 25.4. The van der Waals surface area contributed by atoms with Gasteiger partial charge in [0, 0.05) is 57.8 Å². The van der Waals surface area contributed by atoms with Crippen LogP contribution in [0.3, 0.4) is 0 Å². The highest BCUT2D eigenvalue weighted by molar-refractivity contribution is 7.92. The molecule has 44 heavy (non-hydrogen) atoms. The number of aliphatic hydroxyl groups excluding tert-OH is 1. The zero-order chi connectivity index (χ0) is 31.1. The fraction of sp³-hybridized carbons (Fsp3) is 0.500. The van der Waals surface area contributed by atoms with Gasteiger partial charge in [0.15, 0.2) is 0 Å². The first-order valence-electron chi connectivity index (χ1n) is 14.9. The van der Waals surface area contributed by atoms with E-state index in [1.54, 1.807) is 40.1 Å². The van der Waals surface area contributed by atoms with Crippen molar-refractivity contribution in [2.24, 2.45) is 12.5 Å². The predicted octanol–water partition coefficient (Wildman–Crippen LogP) is 4.08. The van der Waals surface area contributed by atoms with E-state index in [0.717, 1.165) is 25.9 Å². The molecule has 1 aliphatic carbocycles. The van der Waals surface area contributed by atoms with E-state index in [0.29, 0.717) is 39.4 Å². The van der Waals surface area contributed by atoms with Crippen molar-refractivity contribution in [1.29, 1.82) is 0 Å². The lowest BCUT2D eigenvalue weighted by Gasteiger charge is -2.35. The molecule has 11 nitrogen and oxygen atoms in total. The van der Waals surface area contributed by atoms with Crippen LogP contribution in [-0.2, 0) is 17.1 Å². The average Bonchev–Trinajstić information content (AvgIpc) is 3.59. The summed E-state index contributed by atoms with van der Waals surface area (Å²) in [5.74, 6) is -2.86. The van der Waals surface area contributed by atoms with Gasteiger partial charge in [0.1, 0.15) is 11.6 Å². The fourth-order valence-electron chi connectivity index (χ4n) is 6.04. The third-order valence-corrected chi connectivity index (χ3v) is 10.2. The van der Waals surface area contributed by atoms with Crippen molar-refractivity contribution in [2.45, 2.75) is 44.4 Å². The predicted molar refractivity (Wildman–Crippen MR) is 165 cm³/mol. The number of nitrogens with zero attached hydrogens (tertiary/aromatic N) is 5. The lowest BCUT2D eigenvalue weighted by molar-refractivity contribution is -0.0221. The largest absolute Gasteiger partial charge is 0.395 e. The molecule has 2 aliphatic heterocycles. The van der Waals surface area contributed by atoms with Gasteiger partial charge in [-0.15, -0.1) is 0 Å². The molecule has 1 spiro atoms. The maximum atomic E-state index is 14.0. The van der Waals surface area contributed by atoms with E-state index in [4.69, 9.17) is 10.1 Å². The number of halogens is 2. The van der Waals surface area contributed by atoms with Crippen molar-refractivity contribution in [3.63, 3.8) is 0 Å². The summed E-state index contributed by atoms with van der Waals surface area (Å²) < 4.78 is 56.9. The number of sulfonamides is 1. The maximum Gasteiger partial charge on any atom is 0.258 e. The summed E-state index contributed by atoms with van der Waals surface area (Å²) in [5, 5.41) is 12.0. The Balaban J connectivity index is 1.29. The molecular weight excluding hydrogens is 592 g/mol. The number of amides is 1. The average molecular weight is 630 g/mol. The minimum absolute atomic E-state index is 0.117. The SMILES string of the molecule is Cn1cnc(-c2ccc(NC(=O)c3ccc(NS(=O)(=O)CCO)cc3N3CCC4(CC3)CC4)nc2N2CCC(F)(F)CC2)c1. The second-order valence-corrected chi connectivity index (χ2v) is 14.0. The second-order valence-electron chi connectivity index (χ2n) is 12.2. The van der Waals surface area contributed by atoms with Gasteiger partial charge in [-0.3, -0.25) is 9.52 Å². The molecule has 1 amide bonds. The first kappa shape index (κ1) is 30.3. The minimum atomic E-state index is -3.76. The minimum Gasteiger partial charge on any atom is -0.395 e. The molecule has 2 aromatic heterocycles. The Bertz CT molecular complexity index is 1640. The van der Waals surface area contributed by atoms with Crippen molar-refractivity contribution < 1.29 is 27.1 Å². The van der Waals surface area contributed by atoms with E-state index in [1.165, 1.54) is 18.9 Å². The number of anilines is 4. The van der Waals surface area contributed by atoms with Gasteiger partial charge in [-0.25, -0.2) is 27.2 Å². The van der Waals surface area contributed by atoms with Crippen LogP contribution in [0.1, 0.15) is 48.9 Å². The number of hydrogen-bond donors (Lipinski definition) is 3. The summed E-state index contributed by atoms with van der Waals surface area (Å²) in [6, 6.07) is 8.21. The summed E-state index contributed by atoms with van der Waals surface area (Å²) in [6.45, 7) is 1.21. The number of carbonyl (C=O) groups excluding carboxylic acids is 1. The molecular formula is C30H37F2N7O4S. The first-order valence-corrected chi connectivity index (χ1v) is 16.5. The summed E-state index contributed by atoms with van der Waals surface area (Å²) in [5.41, 5.74) is 2.98. The molecule has 2 saturated heterocycles. The smallest absolute Gasteiger partial charge is 0.258 e. The third kappa shape index (κ3) is 6.65. The highest BCUT2D eigenvalue weighted by Gasteiger charge is 2.44. The fourth-order valence-corrected chi connectivity index (χ4v) is 6.87. The van der Waals surface area contributed by atoms with Gasteiger partial charge in [-0.2, -0.15) is 0 Å². The van der Waals surface area contributed by atoms with Gasteiger partial charge >= 0.3 is 0 Å². The summed E-state index contributed by atoms with van der Waals surface area (Å²) in [7, 11) is -1.92. The Hall–Kier alpha value is -3.78. The number of pyridine rings is 1. The number of carbonyl (C=O) groups is 1. The number of benzene rings is 1. The van der Waals surface area contributed by atoms with E-state index in [2.05, 4.69) is 19.9 Å². The summed E-state index contributed by atoms with van der Waals surface area (Å²) in [4.78, 5) is 26.8. The number of alkyl halides is 2. The molecule has 0 atom stereocenters. The van der Waals surface area contributed by atoms with Crippen molar-refractivity contribution >= 4 is 38.9 Å².